The Bertz CT molecular complexity index is 1340. The molecule has 0 aliphatic rings. The summed E-state index contributed by atoms with van der Waals surface area (Å²) >= 11 is 5.98. The molecule has 0 saturated heterocycles. The molecule has 0 bridgehead atoms. The highest BCUT2D eigenvalue weighted by Gasteiger charge is 2.34. The van der Waals surface area contributed by atoms with Crippen molar-refractivity contribution in [3.05, 3.63) is 62.8 Å². The van der Waals surface area contributed by atoms with E-state index in [2.05, 4.69) is 15.3 Å². The topological polar surface area (TPSA) is 64.2 Å². The van der Waals surface area contributed by atoms with Crippen LogP contribution in [0.25, 0.3) is 22.4 Å². The summed E-state index contributed by atoms with van der Waals surface area (Å²) in [5.74, 6) is 0.445. The van der Waals surface area contributed by atoms with E-state index in [9.17, 15) is 18.0 Å². The lowest BCUT2D eigenvalue weighted by Crippen LogP contribution is -2.23. The van der Waals surface area contributed by atoms with E-state index in [1.54, 1.807) is 39.2 Å². The predicted octanol–water partition coefficient (Wildman–Crippen LogP) is 4.36. The summed E-state index contributed by atoms with van der Waals surface area (Å²) in [6, 6.07) is 5.34. The fraction of sp³-hybridized carbons (Fsp3) is 0.211. The SMILES string of the molecule is CNc1nc2c(=O)n(-c3cccnc3C)c3cc(C(F)(F)F)c(Cl)cc3n2c1C. The van der Waals surface area contributed by atoms with Crippen LogP contribution in [0, 0.1) is 13.8 Å². The largest absolute Gasteiger partial charge is 0.417 e. The monoisotopic (exact) mass is 421 g/mol. The van der Waals surface area contributed by atoms with Crippen molar-refractivity contribution in [3.8, 4) is 5.69 Å². The lowest BCUT2D eigenvalue weighted by molar-refractivity contribution is -0.137. The van der Waals surface area contributed by atoms with Gasteiger partial charge in [-0.3, -0.25) is 18.7 Å². The van der Waals surface area contributed by atoms with Gasteiger partial charge < -0.3 is 5.32 Å². The van der Waals surface area contributed by atoms with E-state index >= 15 is 0 Å². The molecule has 4 aromatic rings. The Labute approximate surface area is 167 Å². The number of nitrogens with zero attached hydrogens (tertiary/aromatic N) is 4. The zero-order valence-electron chi connectivity index (χ0n) is 15.6. The number of anilines is 1. The van der Waals surface area contributed by atoms with Gasteiger partial charge in [-0.1, -0.05) is 11.6 Å². The molecule has 0 aliphatic heterocycles. The molecule has 0 atom stereocenters. The van der Waals surface area contributed by atoms with Crippen molar-refractivity contribution < 1.29 is 13.2 Å². The Morgan fingerprint density at radius 2 is 1.90 bits per heavy atom. The molecule has 0 spiro atoms. The second kappa shape index (κ2) is 6.48. The third-order valence-corrected chi connectivity index (χ3v) is 5.12. The maximum absolute atomic E-state index is 13.5. The van der Waals surface area contributed by atoms with Crippen molar-refractivity contribution in [2.24, 2.45) is 0 Å². The Morgan fingerprint density at radius 3 is 2.52 bits per heavy atom. The number of aryl methyl sites for hydroxylation is 2. The molecule has 150 valence electrons. The van der Waals surface area contributed by atoms with Crippen LogP contribution in [0.15, 0.2) is 35.3 Å². The normalized spacial score (nSPS) is 12.1. The Hall–Kier alpha value is -3.07. The first-order chi connectivity index (χ1) is 13.6. The quantitative estimate of drug-likeness (QED) is 0.522. The number of hydrogen-bond acceptors (Lipinski definition) is 4. The maximum atomic E-state index is 13.5. The summed E-state index contributed by atoms with van der Waals surface area (Å²) in [4.78, 5) is 21.8. The molecular weight excluding hydrogens is 407 g/mol. The van der Waals surface area contributed by atoms with Gasteiger partial charge in [0.25, 0.3) is 5.56 Å². The fourth-order valence-corrected chi connectivity index (χ4v) is 3.73. The summed E-state index contributed by atoms with van der Waals surface area (Å²) < 4.78 is 43.3. The number of benzene rings is 1. The van der Waals surface area contributed by atoms with Crippen LogP contribution in [-0.4, -0.2) is 26.0 Å². The van der Waals surface area contributed by atoms with Gasteiger partial charge in [-0.15, -0.1) is 0 Å². The van der Waals surface area contributed by atoms with Crippen molar-refractivity contribution >= 4 is 34.1 Å². The Balaban J connectivity index is 2.30. The van der Waals surface area contributed by atoms with Gasteiger partial charge in [0.05, 0.1) is 38.7 Å². The number of imidazole rings is 1. The lowest BCUT2D eigenvalue weighted by atomic mass is 10.1. The highest BCUT2D eigenvalue weighted by Crippen LogP contribution is 2.38. The number of rotatable bonds is 2. The molecule has 0 radical (unpaired) electrons. The first-order valence-electron chi connectivity index (χ1n) is 8.59. The summed E-state index contributed by atoms with van der Waals surface area (Å²) in [7, 11) is 1.65. The second-order valence-corrected chi connectivity index (χ2v) is 6.93. The minimum atomic E-state index is -4.68. The van der Waals surface area contributed by atoms with Crippen molar-refractivity contribution in [1.82, 2.24) is 18.9 Å². The summed E-state index contributed by atoms with van der Waals surface area (Å²) in [5, 5.41) is 2.43. The van der Waals surface area contributed by atoms with Crippen molar-refractivity contribution in [2.45, 2.75) is 20.0 Å². The highest BCUT2D eigenvalue weighted by atomic mass is 35.5. The van der Waals surface area contributed by atoms with Crippen LogP contribution in [-0.2, 0) is 6.18 Å². The molecule has 0 saturated carbocycles. The number of fused-ring (bicyclic) bond motifs is 3. The average Bonchev–Trinajstić information content (AvgIpc) is 2.99. The van der Waals surface area contributed by atoms with Crippen LogP contribution in [0.1, 0.15) is 17.0 Å². The molecule has 3 aromatic heterocycles. The van der Waals surface area contributed by atoms with E-state index < -0.39 is 22.3 Å². The average molecular weight is 422 g/mol. The number of alkyl halides is 3. The van der Waals surface area contributed by atoms with Crippen LogP contribution in [0.2, 0.25) is 5.02 Å². The third kappa shape index (κ3) is 2.84. The smallest absolute Gasteiger partial charge is 0.372 e. The molecule has 0 fully saturated rings. The minimum Gasteiger partial charge on any atom is -0.372 e. The molecule has 10 heteroatoms. The van der Waals surface area contributed by atoms with E-state index in [4.69, 9.17) is 11.6 Å². The van der Waals surface area contributed by atoms with Crippen LogP contribution in [0.3, 0.4) is 0 Å². The van der Waals surface area contributed by atoms with Crippen LogP contribution in [0.4, 0.5) is 19.0 Å². The van der Waals surface area contributed by atoms with Gasteiger partial charge in [-0.2, -0.15) is 13.2 Å². The van der Waals surface area contributed by atoms with Crippen LogP contribution >= 0.6 is 11.6 Å². The minimum absolute atomic E-state index is 0.0541. The molecule has 0 amide bonds. The lowest BCUT2D eigenvalue weighted by Gasteiger charge is -2.17. The molecular formula is C19H15ClF3N5O. The van der Waals surface area contributed by atoms with E-state index in [0.29, 0.717) is 28.4 Å². The summed E-state index contributed by atoms with van der Waals surface area (Å²) in [5.41, 5.74) is 0.300. The number of pyridine rings is 1. The maximum Gasteiger partial charge on any atom is 0.417 e. The number of hydrogen-bond donors (Lipinski definition) is 1. The first-order valence-corrected chi connectivity index (χ1v) is 8.97. The molecule has 0 aliphatic carbocycles. The van der Waals surface area contributed by atoms with Gasteiger partial charge in [0.2, 0.25) is 5.65 Å². The zero-order chi connectivity index (χ0) is 21.1. The number of nitrogens with one attached hydrogen (secondary N) is 1. The second-order valence-electron chi connectivity index (χ2n) is 6.52. The molecule has 0 unspecified atom stereocenters. The van der Waals surface area contributed by atoms with Gasteiger partial charge in [0.15, 0.2) is 0 Å². The van der Waals surface area contributed by atoms with E-state index in [1.165, 1.54) is 15.0 Å². The predicted molar refractivity (Wildman–Crippen MR) is 105 cm³/mol. The summed E-state index contributed by atoms with van der Waals surface area (Å²) in [6.45, 7) is 3.39. The molecule has 1 aromatic carbocycles. The van der Waals surface area contributed by atoms with Gasteiger partial charge in [0, 0.05) is 13.2 Å². The van der Waals surface area contributed by atoms with Gasteiger partial charge in [-0.25, -0.2) is 4.98 Å². The molecule has 1 N–H and O–H groups in total. The molecule has 3 heterocycles. The van der Waals surface area contributed by atoms with E-state index in [0.717, 1.165) is 6.07 Å². The highest BCUT2D eigenvalue weighted by molar-refractivity contribution is 6.32. The Morgan fingerprint density at radius 1 is 1.17 bits per heavy atom. The van der Waals surface area contributed by atoms with Crippen LogP contribution < -0.4 is 10.9 Å². The van der Waals surface area contributed by atoms with Gasteiger partial charge >= 0.3 is 6.18 Å². The van der Waals surface area contributed by atoms with E-state index in [1.807, 2.05) is 0 Å². The third-order valence-electron chi connectivity index (χ3n) is 4.81. The number of aromatic nitrogens is 4. The van der Waals surface area contributed by atoms with Gasteiger partial charge in [0.1, 0.15) is 5.82 Å². The zero-order valence-corrected chi connectivity index (χ0v) is 16.4. The molecule has 29 heavy (non-hydrogen) atoms. The van der Waals surface area contributed by atoms with Crippen molar-refractivity contribution in [1.29, 1.82) is 0 Å². The molecule has 6 nitrogen and oxygen atoms in total. The van der Waals surface area contributed by atoms with Crippen molar-refractivity contribution in [3.63, 3.8) is 0 Å². The first kappa shape index (κ1) is 19.3. The number of halogens is 4. The molecule has 4 rings (SSSR count). The van der Waals surface area contributed by atoms with E-state index in [-0.39, 0.29) is 11.2 Å². The van der Waals surface area contributed by atoms with Crippen molar-refractivity contribution in [2.75, 3.05) is 12.4 Å². The van der Waals surface area contributed by atoms with Gasteiger partial charge in [-0.05, 0) is 38.1 Å². The van der Waals surface area contributed by atoms with Crippen LogP contribution in [0.5, 0.6) is 0 Å². The fourth-order valence-electron chi connectivity index (χ4n) is 3.46. The standard InChI is InChI=1S/C19H15ClF3N5O/c1-9-13(5-4-6-25-9)28-14-7-11(19(21,22)23)12(20)8-15(14)27-10(2)16(24-3)26-17(27)18(28)29/h4-8,24H,1-3H3. The Kier molecular flexibility index (Phi) is 4.30. The summed E-state index contributed by atoms with van der Waals surface area (Å²) in [6.07, 6.45) is -3.13.